The second-order valence-electron chi connectivity index (χ2n) is 8.47. The Labute approximate surface area is 207 Å². The number of ether oxygens (including phenoxy) is 1. The molecule has 35 heavy (non-hydrogen) atoms. The fourth-order valence-corrected chi connectivity index (χ4v) is 5.32. The standard InChI is InChI=1S/C27H31N3O4S/c1-2-34-24-14-16-25(17-15-24)35(32,33)29-23-12-10-22(11-13-23)27(31)28-20-26(30-18-6-7-19-30)21-8-4-3-5-9-21/h3-5,8-17,26,29H,2,6-7,18-20H2,1H3,(H,28,31). The van der Waals surface area contributed by atoms with Gasteiger partial charge in [-0.05, 0) is 86.9 Å². The fourth-order valence-electron chi connectivity index (χ4n) is 4.26. The van der Waals surface area contributed by atoms with Crippen molar-refractivity contribution in [3.63, 3.8) is 0 Å². The molecule has 0 radical (unpaired) electrons. The number of anilines is 1. The monoisotopic (exact) mass is 493 g/mol. The molecule has 1 heterocycles. The summed E-state index contributed by atoms with van der Waals surface area (Å²) in [4.78, 5) is 15.4. The van der Waals surface area contributed by atoms with Crippen molar-refractivity contribution in [1.29, 1.82) is 0 Å². The van der Waals surface area contributed by atoms with Gasteiger partial charge in [0.15, 0.2) is 0 Å². The average molecular weight is 494 g/mol. The average Bonchev–Trinajstić information content (AvgIpc) is 3.40. The Hall–Kier alpha value is -3.36. The summed E-state index contributed by atoms with van der Waals surface area (Å²) in [5.74, 6) is 0.423. The first kappa shape index (κ1) is 24.8. The van der Waals surface area contributed by atoms with Gasteiger partial charge in [0.25, 0.3) is 15.9 Å². The van der Waals surface area contributed by atoms with Crippen LogP contribution in [-0.4, -0.2) is 45.5 Å². The molecule has 1 saturated heterocycles. The number of hydrogen-bond acceptors (Lipinski definition) is 5. The highest BCUT2D eigenvalue weighted by molar-refractivity contribution is 7.92. The highest BCUT2D eigenvalue weighted by Crippen LogP contribution is 2.25. The lowest BCUT2D eigenvalue weighted by molar-refractivity contribution is 0.0938. The minimum absolute atomic E-state index is 0.128. The molecule has 2 N–H and O–H groups in total. The van der Waals surface area contributed by atoms with Crippen molar-refractivity contribution in [2.45, 2.75) is 30.7 Å². The molecular weight excluding hydrogens is 462 g/mol. The van der Waals surface area contributed by atoms with E-state index in [2.05, 4.69) is 27.1 Å². The first-order valence-electron chi connectivity index (χ1n) is 11.9. The maximum atomic E-state index is 12.8. The van der Waals surface area contributed by atoms with Crippen molar-refractivity contribution in [2.75, 3.05) is 31.0 Å². The molecule has 1 atom stereocenters. The number of nitrogens with one attached hydrogen (secondary N) is 2. The van der Waals surface area contributed by atoms with Crippen molar-refractivity contribution in [3.05, 3.63) is 90.0 Å². The van der Waals surface area contributed by atoms with Gasteiger partial charge in [0.05, 0.1) is 17.5 Å². The second kappa shape index (κ2) is 11.4. The maximum absolute atomic E-state index is 12.8. The summed E-state index contributed by atoms with van der Waals surface area (Å²) < 4.78 is 33.3. The molecule has 0 spiro atoms. The van der Waals surface area contributed by atoms with E-state index < -0.39 is 10.0 Å². The minimum atomic E-state index is -3.75. The van der Waals surface area contributed by atoms with Crippen LogP contribution >= 0.6 is 0 Å². The first-order valence-corrected chi connectivity index (χ1v) is 13.4. The summed E-state index contributed by atoms with van der Waals surface area (Å²) in [6.07, 6.45) is 2.34. The molecular formula is C27H31N3O4S. The highest BCUT2D eigenvalue weighted by atomic mass is 32.2. The van der Waals surface area contributed by atoms with E-state index in [1.165, 1.54) is 30.5 Å². The van der Waals surface area contributed by atoms with E-state index in [0.717, 1.165) is 13.1 Å². The van der Waals surface area contributed by atoms with Crippen LogP contribution in [0, 0.1) is 0 Å². The fraction of sp³-hybridized carbons (Fsp3) is 0.296. The zero-order valence-corrected chi connectivity index (χ0v) is 20.6. The Morgan fingerprint density at radius 2 is 1.60 bits per heavy atom. The topological polar surface area (TPSA) is 87.7 Å². The Morgan fingerprint density at radius 3 is 2.23 bits per heavy atom. The molecule has 1 fully saturated rings. The summed E-state index contributed by atoms with van der Waals surface area (Å²) in [6, 6.07) is 23.0. The van der Waals surface area contributed by atoms with Crippen LogP contribution in [-0.2, 0) is 10.0 Å². The number of likely N-dealkylation sites (tertiary alicyclic amines) is 1. The molecule has 0 aromatic heterocycles. The Kier molecular flexibility index (Phi) is 8.05. The van der Waals surface area contributed by atoms with Gasteiger partial charge < -0.3 is 10.1 Å². The molecule has 7 nitrogen and oxygen atoms in total. The van der Waals surface area contributed by atoms with Crippen LogP contribution in [0.3, 0.4) is 0 Å². The van der Waals surface area contributed by atoms with Gasteiger partial charge in [-0.25, -0.2) is 8.42 Å². The summed E-state index contributed by atoms with van der Waals surface area (Å²) in [6.45, 7) is 4.94. The predicted octanol–water partition coefficient (Wildman–Crippen LogP) is 4.45. The van der Waals surface area contributed by atoms with E-state index in [-0.39, 0.29) is 16.8 Å². The molecule has 8 heteroatoms. The number of sulfonamides is 1. The van der Waals surface area contributed by atoms with Crippen LogP contribution in [0.2, 0.25) is 0 Å². The highest BCUT2D eigenvalue weighted by Gasteiger charge is 2.24. The van der Waals surface area contributed by atoms with E-state index in [0.29, 0.717) is 30.2 Å². The SMILES string of the molecule is CCOc1ccc(S(=O)(=O)Nc2ccc(C(=O)NCC(c3ccccc3)N3CCCC3)cc2)cc1. The Morgan fingerprint density at radius 1 is 0.943 bits per heavy atom. The van der Waals surface area contributed by atoms with E-state index in [4.69, 9.17) is 4.74 Å². The molecule has 1 amide bonds. The molecule has 1 unspecified atom stereocenters. The number of carbonyl (C=O) groups excluding carboxylic acids is 1. The van der Waals surface area contributed by atoms with Gasteiger partial charge in [0, 0.05) is 17.8 Å². The number of benzene rings is 3. The number of nitrogens with zero attached hydrogens (tertiary/aromatic N) is 1. The van der Waals surface area contributed by atoms with Gasteiger partial charge in [-0.15, -0.1) is 0 Å². The smallest absolute Gasteiger partial charge is 0.261 e. The third kappa shape index (κ3) is 6.41. The van der Waals surface area contributed by atoms with Gasteiger partial charge in [0.2, 0.25) is 0 Å². The summed E-state index contributed by atoms with van der Waals surface area (Å²) in [5, 5.41) is 3.05. The van der Waals surface area contributed by atoms with Gasteiger partial charge in [-0.3, -0.25) is 14.4 Å². The zero-order valence-electron chi connectivity index (χ0n) is 19.8. The van der Waals surface area contributed by atoms with E-state index in [1.54, 1.807) is 36.4 Å². The van der Waals surface area contributed by atoms with Crippen LogP contribution in [0.5, 0.6) is 5.75 Å². The summed E-state index contributed by atoms with van der Waals surface area (Å²) >= 11 is 0. The second-order valence-corrected chi connectivity index (χ2v) is 10.1. The third-order valence-corrected chi connectivity index (χ3v) is 7.46. The molecule has 4 rings (SSSR count). The minimum Gasteiger partial charge on any atom is -0.494 e. The molecule has 3 aromatic rings. The van der Waals surface area contributed by atoms with Gasteiger partial charge in [0.1, 0.15) is 5.75 Å². The predicted molar refractivity (Wildman–Crippen MR) is 137 cm³/mol. The van der Waals surface area contributed by atoms with E-state index in [9.17, 15) is 13.2 Å². The lowest BCUT2D eigenvalue weighted by Crippen LogP contribution is -2.36. The molecule has 0 aliphatic carbocycles. The number of carbonyl (C=O) groups is 1. The van der Waals surface area contributed by atoms with E-state index >= 15 is 0 Å². The number of amides is 1. The molecule has 0 saturated carbocycles. The van der Waals surface area contributed by atoms with Gasteiger partial charge in [-0.2, -0.15) is 0 Å². The Bertz CT molecular complexity index is 1210. The zero-order chi connectivity index (χ0) is 24.7. The Balaban J connectivity index is 1.38. The first-order chi connectivity index (χ1) is 17.0. The summed E-state index contributed by atoms with van der Waals surface area (Å²) in [7, 11) is -3.75. The van der Waals surface area contributed by atoms with Crippen LogP contribution < -0.4 is 14.8 Å². The largest absolute Gasteiger partial charge is 0.494 e. The molecule has 184 valence electrons. The van der Waals surface area contributed by atoms with Crippen LogP contribution in [0.15, 0.2) is 83.8 Å². The maximum Gasteiger partial charge on any atom is 0.261 e. The van der Waals surface area contributed by atoms with Crippen LogP contribution in [0.4, 0.5) is 5.69 Å². The van der Waals surface area contributed by atoms with Gasteiger partial charge in [-0.1, -0.05) is 30.3 Å². The number of hydrogen-bond donors (Lipinski definition) is 2. The third-order valence-electron chi connectivity index (χ3n) is 6.07. The van der Waals surface area contributed by atoms with Gasteiger partial charge >= 0.3 is 0 Å². The van der Waals surface area contributed by atoms with Crippen LogP contribution in [0.25, 0.3) is 0 Å². The van der Waals surface area contributed by atoms with Crippen molar-refractivity contribution in [1.82, 2.24) is 10.2 Å². The normalized spacial score (nSPS) is 14.9. The number of rotatable bonds is 10. The molecule has 0 bridgehead atoms. The molecule has 1 aliphatic rings. The van der Waals surface area contributed by atoms with Crippen molar-refractivity contribution in [3.8, 4) is 5.75 Å². The van der Waals surface area contributed by atoms with Crippen molar-refractivity contribution >= 4 is 21.6 Å². The molecule has 3 aromatic carbocycles. The van der Waals surface area contributed by atoms with Crippen molar-refractivity contribution in [2.24, 2.45) is 0 Å². The van der Waals surface area contributed by atoms with Crippen LogP contribution in [0.1, 0.15) is 41.7 Å². The quantitative estimate of drug-likeness (QED) is 0.436. The molecule has 1 aliphatic heterocycles. The van der Waals surface area contributed by atoms with Crippen molar-refractivity contribution < 1.29 is 17.9 Å². The van der Waals surface area contributed by atoms with E-state index in [1.807, 2.05) is 25.1 Å². The lowest BCUT2D eigenvalue weighted by atomic mass is 10.1. The lowest BCUT2D eigenvalue weighted by Gasteiger charge is -2.28. The summed E-state index contributed by atoms with van der Waals surface area (Å²) in [5.41, 5.74) is 2.05.